The van der Waals surface area contributed by atoms with Crippen molar-refractivity contribution < 1.29 is 19.7 Å². The fraction of sp³-hybridized carbons (Fsp3) is 0.231. The van der Waals surface area contributed by atoms with Gasteiger partial charge in [-0.05, 0) is 6.92 Å². The predicted molar refractivity (Wildman–Crippen MR) is 84.4 cm³/mol. The quantitative estimate of drug-likeness (QED) is 0.472. The Kier molecular flexibility index (Phi) is 4.39. The Morgan fingerprint density at radius 3 is 2.54 bits per heavy atom. The molecule has 0 bridgehead atoms. The SMILES string of the molecule is C[C@@H](N)CC1=C[N+](C(=O)O)(c2ccc([N+](=O)[O-])cc2[N+](=O)[O-])C=N1. The minimum Gasteiger partial charge on any atom is -0.434 e. The number of nitro groups is 2. The van der Waals surface area contributed by atoms with Gasteiger partial charge < -0.3 is 10.8 Å². The lowest BCUT2D eigenvalue weighted by atomic mass is 10.2. The molecule has 1 aromatic carbocycles. The predicted octanol–water partition coefficient (Wildman–Crippen LogP) is 2.11. The van der Waals surface area contributed by atoms with Gasteiger partial charge in [0.2, 0.25) is 12.0 Å². The van der Waals surface area contributed by atoms with E-state index < -0.39 is 31.8 Å². The lowest BCUT2D eigenvalue weighted by molar-refractivity contribution is -0.393. The highest BCUT2D eigenvalue weighted by atomic mass is 16.6. The number of hydrogen-bond donors (Lipinski definition) is 2. The van der Waals surface area contributed by atoms with Crippen LogP contribution in [0.1, 0.15) is 13.3 Å². The van der Waals surface area contributed by atoms with Gasteiger partial charge in [-0.3, -0.25) is 20.2 Å². The Bertz CT molecular complexity index is 787. The van der Waals surface area contributed by atoms with Crippen molar-refractivity contribution in [2.24, 2.45) is 10.7 Å². The highest BCUT2D eigenvalue weighted by molar-refractivity contribution is 6.03. The third kappa shape index (κ3) is 2.98. The number of carboxylic acid groups (broad SMARTS) is 1. The zero-order chi connectivity index (χ0) is 18.1. The molecule has 0 saturated carbocycles. The maximum atomic E-state index is 11.8. The van der Waals surface area contributed by atoms with Crippen molar-refractivity contribution in [1.29, 1.82) is 0 Å². The minimum atomic E-state index is -1.43. The second kappa shape index (κ2) is 6.14. The molecule has 3 N–H and O–H groups in total. The number of nitrogens with two attached hydrogens (primary N) is 1. The number of rotatable bonds is 5. The van der Waals surface area contributed by atoms with Crippen LogP contribution >= 0.6 is 0 Å². The third-order valence-corrected chi connectivity index (χ3v) is 3.37. The summed E-state index contributed by atoms with van der Waals surface area (Å²) in [5.41, 5.74) is 4.56. The van der Waals surface area contributed by atoms with E-state index in [0.29, 0.717) is 5.70 Å². The molecule has 24 heavy (non-hydrogen) atoms. The molecular formula is C13H14N5O6+. The Morgan fingerprint density at radius 2 is 2.04 bits per heavy atom. The highest BCUT2D eigenvalue weighted by Gasteiger charge is 2.46. The van der Waals surface area contributed by atoms with Gasteiger partial charge in [0.1, 0.15) is 18.0 Å². The van der Waals surface area contributed by atoms with Crippen molar-refractivity contribution in [2.45, 2.75) is 19.4 Å². The average Bonchev–Trinajstić information content (AvgIpc) is 2.90. The number of amides is 1. The van der Waals surface area contributed by atoms with Gasteiger partial charge in [0, 0.05) is 24.6 Å². The van der Waals surface area contributed by atoms with Crippen molar-refractivity contribution in [3.8, 4) is 0 Å². The number of hydrogen-bond acceptors (Lipinski definition) is 7. The Balaban J connectivity index is 2.65. The summed E-state index contributed by atoms with van der Waals surface area (Å²) < 4.78 is -1.06. The topological polar surface area (TPSA) is 162 Å². The van der Waals surface area contributed by atoms with Crippen molar-refractivity contribution in [1.82, 2.24) is 4.48 Å². The molecule has 0 saturated heterocycles. The van der Waals surface area contributed by atoms with Gasteiger partial charge in [0.05, 0.1) is 9.85 Å². The lowest BCUT2D eigenvalue weighted by Gasteiger charge is -2.19. The van der Waals surface area contributed by atoms with E-state index >= 15 is 0 Å². The molecule has 0 aromatic heterocycles. The Labute approximate surface area is 135 Å². The summed E-state index contributed by atoms with van der Waals surface area (Å²) in [5, 5.41) is 31.7. The first-order chi connectivity index (χ1) is 11.2. The van der Waals surface area contributed by atoms with Crippen LogP contribution in [0, 0.1) is 20.2 Å². The molecule has 2 atom stereocenters. The van der Waals surface area contributed by atoms with Crippen LogP contribution in [-0.2, 0) is 0 Å². The summed E-state index contributed by atoms with van der Waals surface area (Å²) >= 11 is 0. The van der Waals surface area contributed by atoms with Crippen molar-refractivity contribution in [3.63, 3.8) is 0 Å². The van der Waals surface area contributed by atoms with Gasteiger partial charge >= 0.3 is 11.8 Å². The second-order valence-corrected chi connectivity index (χ2v) is 5.29. The normalized spacial score (nSPS) is 20.5. The van der Waals surface area contributed by atoms with E-state index in [1.165, 1.54) is 6.20 Å². The van der Waals surface area contributed by atoms with E-state index in [4.69, 9.17) is 5.73 Å². The molecule has 0 spiro atoms. The third-order valence-electron chi connectivity index (χ3n) is 3.37. The van der Waals surface area contributed by atoms with E-state index in [9.17, 15) is 30.1 Å². The molecular weight excluding hydrogens is 322 g/mol. The number of benzene rings is 1. The number of nitrogens with zero attached hydrogens (tertiary/aromatic N) is 4. The van der Waals surface area contributed by atoms with Gasteiger partial charge in [-0.25, -0.2) is 4.99 Å². The molecule has 126 valence electrons. The average molecular weight is 336 g/mol. The molecule has 1 aliphatic rings. The van der Waals surface area contributed by atoms with Crippen LogP contribution in [-0.4, -0.2) is 33.4 Å². The smallest absolute Gasteiger partial charge is 0.434 e. The van der Waals surface area contributed by atoms with E-state index in [1.54, 1.807) is 6.92 Å². The summed E-state index contributed by atoms with van der Waals surface area (Å²) in [6, 6.07) is 2.50. The number of carbonyl (C=O) groups is 1. The monoisotopic (exact) mass is 336 g/mol. The van der Waals surface area contributed by atoms with Crippen molar-refractivity contribution >= 4 is 29.5 Å². The first-order valence-electron chi connectivity index (χ1n) is 6.75. The van der Waals surface area contributed by atoms with Crippen LogP contribution in [0.25, 0.3) is 0 Å². The summed E-state index contributed by atoms with van der Waals surface area (Å²) in [4.78, 5) is 36.2. The fourth-order valence-electron chi connectivity index (χ4n) is 2.33. The Morgan fingerprint density at radius 1 is 1.38 bits per heavy atom. The van der Waals surface area contributed by atoms with E-state index in [0.717, 1.165) is 24.5 Å². The van der Waals surface area contributed by atoms with Gasteiger partial charge in [-0.15, -0.1) is 4.48 Å². The summed E-state index contributed by atoms with van der Waals surface area (Å²) in [6.45, 7) is 1.71. The number of non-ortho nitro benzene ring substituents is 1. The maximum absolute atomic E-state index is 11.8. The standard InChI is InChI=1S/C13H13N5O6/c1-8(14)4-9-6-18(7-15-9,13(19)20)12-3-2-10(16(21)22)5-11(12)17(23)24/h2-3,5-8H,4,14H2,1H3/p+1/t8-,18?/m1/s1. The zero-order valence-electron chi connectivity index (χ0n) is 12.5. The molecule has 1 heterocycles. The lowest BCUT2D eigenvalue weighted by Crippen LogP contribution is -2.46. The van der Waals surface area contributed by atoms with Gasteiger partial charge in [0.25, 0.3) is 5.69 Å². The molecule has 1 aromatic rings. The van der Waals surface area contributed by atoms with Gasteiger partial charge in [-0.1, -0.05) is 0 Å². The first kappa shape index (κ1) is 17.2. The summed E-state index contributed by atoms with van der Waals surface area (Å²) in [7, 11) is 0. The van der Waals surface area contributed by atoms with Crippen LogP contribution in [0.5, 0.6) is 0 Å². The van der Waals surface area contributed by atoms with Crippen LogP contribution in [0.2, 0.25) is 0 Å². The Hall–Kier alpha value is -3.18. The largest absolute Gasteiger partial charge is 0.529 e. The molecule has 2 rings (SSSR count). The molecule has 1 aliphatic heterocycles. The molecule has 1 amide bonds. The van der Waals surface area contributed by atoms with Crippen LogP contribution < -0.4 is 10.2 Å². The number of aliphatic imine (C=N–C) groups is 1. The van der Waals surface area contributed by atoms with E-state index in [-0.39, 0.29) is 18.2 Å². The van der Waals surface area contributed by atoms with Crippen LogP contribution in [0.4, 0.5) is 21.9 Å². The first-order valence-corrected chi connectivity index (χ1v) is 6.75. The molecule has 0 radical (unpaired) electrons. The molecule has 11 heteroatoms. The van der Waals surface area contributed by atoms with Crippen LogP contribution in [0.15, 0.2) is 35.1 Å². The van der Waals surface area contributed by atoms with Crippen LogP contribution in [0.3, 0.4) is 0 Å². The summed E-state index contributed by atoms with van der Waals surface area (Å²) in [5.74, 6) is 0. The zero-order valence-corrected chi connectivity index (χ0v) is 12.5. The summed E-state index contributed by atoms with van der Waals surface area (Å²) in [6.07, 6.45) is 1.09. The molecule has 11 nitrogen and oxygen atoms in total. The van der Waals surface area contributed by atoms with E-state index in [1.807, 2.05) is 0 Å². The highest BCUT2D eigenvalue weighted by Crippen LogP contribution is 2.38. The number of quaternary nitrogens is 1. The van der Waals surface area contributed by atoms with Gasteiger partial charge in [-0.2, -0.15) is 4.79 Å². The molecule has 0 aliphatic carbocycles. The second-order valence-electron chi connectivity index (χ2n) is 5.29. The van der Waals surface area contributed by atoms with Gasteiger partial charge in [0.15, 0.2) is 0 Å². The molecule has 1 unspecified atom stereocenters. The minimum absolute atomic E-state index is 0.262. The van der Waals surface area contributed by atoms with Crippen molar-refractivity contribution in [2.75, 3.05) is 0 Å². The van der Waals surface area contributed by atoms with E-state index in [2.05, 4.69) is 4.99 Å². The van der Waals surface area contributed by atoms with Crippen molar-refractivity contribution in [3.05, 3.63) is 50.3 Å². The molecule has 0 fully saturated rings. The maximum Gasteiger partial charge on any atom is 0.529 e. The fourth-order valence-corrected chi connectivity index (χ4v) is 2.33. The number of nitro benzene ring substituents is 2.